The summed E-state index contributed by atoms with van der Waals surface area (Å²) in [6.07, 6.45) is 0.902. The third-order valence-electron chi connectivity index (χ3n) is 1.79. The minimum Gasteiger partial charge on any atom is -0.494 e. The summed E-state index contributed by atoms with van der Waals surface area (Å²) >= 11 is 3.11. The van der Waals surface area contributed by atoms with Crippen molar-refractivity contribution < 1.29 is 21.7 Å². The molecular formula is C9H10BrFO4S. The van der Waals surface area contributed by atoms with Crippen molar-refractivity contribution in [3.8, 4) is 5.75 Å². The number of hydrogen-bond acceptors (Lipinski definition) is 4. The van der Waals surface area contributed by atoms with Gasteiger partial charge >= 0.3 is 0 Å². The molecule has 0 bridgehead atoms. The molecular weight excluding hydrogens is 303 g/mol. The molecule has 1 aromatic rings. The van der Waals surface area contributed by atoms with E-state index in [4.69, 9.17) is 4.74 Å². The molecule has 0 aliphatic carbocycles. The Morgan fingerprint density at radius 1 is 1.44 bits per heavy atom. The van der Waals surface area contributed by atoms with Crippen LogP contribution < -0.4 is 4.74 Å². The third kappa shape index (κ3) is 3.43. The summed E-state index contributed by atoms with van der Waals surface area (Å²) in [7, 11) is -2.28. The Kier molecular flexibility index (Phi) is 4.28. The highest BCUT2D eigenvalue weighted by atomic mass is 79.9. The van der Waals surface area contributed by atoms with Crippen LogP contribution in [0.15, 0.2) is 16.6 Å². The first kappa shape index (κ1) is 13.4. The molecule has 0 radical (unpaired) electrons. The molecule has 0 amide bonds. The first-order valence-electron chi connectivity index (χ1n) is 4.20. The van der Waals surface area contributed by atoms with Gasteiger partial charge in [0.25, 0.3) is 10.1 Å². The number of halogens is 2. The number of hydrogen-bond donors (Lipinski definition) is 0. The monoisotopic (exact) mass is 312 g/mol. The normalized spacial score (nSPS) is 11.5. The fourth-order valence-corrected chi connectivity index (χ4v) is 1.78. The van der Waals surface area contributed by atoms with Crippen LogP contribution in [0.25, 0.3) is 0 Å². The fourth-order valence-electron chi connectivity index (χ4n) is 1.03. The van der Waals surface area contributed by atoms with Gasteiger partial charge in [0.15, 0.2) is 11.6 Å². The molecule has 0 aliphatic rings. The molecule has 16 heavy (non-hydrogen) atoms. The van der Waals surface area contributed by atoms with Gasteiger partial charge in [0, 0.05) is 10.0 Å². The van der Waals surface area contributed by atoms with E-state index in [1.807, 2.05) is 0 Å². The smallest absolute Gasteiger partial charge is 0.264 e. The van der Waals surface area contributed by atoms with Crippen LogP contribution in [-0.4, -0.2) is 21.8 Å². The van der Waals surface area contributed by atoms with E-state index in [2.05, 4.69) is 20.1 Å². The maximum atomic E-state index is 13.7. The lowest BCUT2D eigenvalue weighted by Crippen LogP contribution is -2.05. The Balaban J connectivity index is 3.03. The molecule has 90 valence electrons. The van der Waals surface area contributed by atoms with Gasteiger partial charge in [-0.3, -0.25) is 4.18 Å². The quantitative estimate of drug-likeness (QED) is 0.799. The van der Waals surface area contributed by atoms with Crippen molar-refractivity contribution in [1.82, 2.24) is 0 Å². The van der Waals surface area contributed by atoms with E-state index in [1.165, 1.54) is 13.2 Å². The van der Waals surface area contributed by atoms with E-state index in [0.29, 0.717) is 4.47 Å². The Morgan fingerprint density at radius 2 is 2.06 bits per heavy atom. The van der Waals surface area contributed by atoms with E-state index in [9.17, 15) is 12.8 Å². The van der Waals surface area contributed by atoms with Gasteiger partial charge in [0.1, 0.15) is 0 Å². The molecule has 0 unspecified atom stereocenters. The summed E-state index contributed by atoms with van der Waals surface area (Å²) in [5.41, 5.74) is 0.102. The molecule has 0 aromatic heterocycles. The van der Waals surface area contributed by atoms with Crippen LogP contribution in [0, 0.1) is 5.82 Å². The lowest BCUT2D eigenvalue weighted by atomic mass is 10.2. The molecule has 0 aliphatic heterocycles. The van der Waals surface area contributed by atoms with E-state index in [0.717, 1.165) is 6.26 Å². The van der Waals surface area contributed by atoms with E-state index < -0.39 is 15.9 Å². The van der Waals surface area contributed by atoms with Crippen LogP contribution in [-0.2, 0) is 20.9 Å². The zero-order chi connectivity index (χ0) is 12.3. The summed E-state index contributed by atoms with van der Waals surface area (Å²) in [6.45, 7) is -0.373. The molecule has 4 nitrogen and oxygen atoms in total. The zero-order valence-electron chi connectivity index (χ0n) is 8.66. The van der Waals surface area contributed by atoms with Gasteiger partial charge in [-0.15, -0.1) is 0 Å². The standard InChI is InChI=1S/C9H10BrFO4S/c1-14-8-4-3-7(10)6(9(8)11)5-15-16(2,12)13/h3-4H,5H2,1-2H3. The van der Waals surface area contributed by atoms with Gasteiger partial charge in [-0.25, -0.2) is 4.39 Å². The van der Waals surface area contributed by atoms with Crippen molar-refractivity contribution in [2.45, 2.75) is 6.61 Å². The number of benzene rings is 1. The molecule has 0 fully saturated rings. The Hall–Kier alpha value is -0.660. The predicted molar refractivity (Wildman–Crippen MR) is 60.3 cm³/mol. The van der Waals surface area contributed by atoms with Crippen LogP contribution in [0.2, 0.25) is 0 Å². The second kappa shape index (κ2) is 5.11. The van der Waals surface area contributed by atoms with Crippen molar-refractivity contribution in [2.75, 3.05) is 13.4 Å². The summed E-state index contributed by atoms with van der Waals surface area (Å²) in [4.78, 5) is 0. The minimum atomic E-state index is -3.60. The van der Waals surface area contributed by atoms with Crippen LogP contribution in [0.4, 0.5) is 4.39 Å². The lowest BCUT2D eigenvalue weighted by molar-refractivity contribution is 0.300. The van der Waals surface area contributed by atoms with E-state index in [-0.39, 0.29) is 17.9 Å². The van der Waals surface area contributed by atoms with Crippen LogP contribution in [0.1, 0.15) is 5.56 Å². The Labute approximate surface area is 102 Å². The molecule has 0 heterocycles. The number of rotatable bonds is 4. The Morgan fingerprint density at radius 3 is 2.56 bits per heavy atom. The highest BCUT2D eigenvalue weighted by molar-refractivity contribution is 9.10. The number of ether oxygens (including phenoxy) is 1. The minimum absolute atomic E-state index is 0.0373. The van der Waals surface area contributed by atoms with Gasteiger partial charge in [-0.2, -0.15) is 8.42 Å². The first-order valence-corrected chi connectivity index (χ1v) is 6.81. The predicted octanol–water partition coefficient (Wildman–Crippen LogP) is 2.07. The van der Waals surface area contributed by atoms with Gasteiger partial charge in [-0.1, -0.05) is 15.9 Å². The Bertz CT molecular complexity index is 487. The highest BCUT2D eigenvalue weighted by Gasteiger charge is 2.14. The molecule has 7 heteroatoms. The topological polar surface area (TPSA) is 52.6 Å². The van der Waals surface area contributed by atoms with E-state index >= 15 is 0 Å². The van der Waals surface area contributed by atoms with Gasteiger partial charge < -0.3 is 4.74 Å². The second-order valence-electron chi connectivity index (χ2n) is 3.01. The van der Waals surface area contributed by atoms with Crippen LogP contribution in [0.3, 0.4) is 0 Å². The van der Waals surface area contributed by atoms with Gasteiger partial charge in [-0.05, 0) is 12.1 Å². The van der Waals surface area contributed by atoms with Crippen molar-refractivity contribution in [3.63, 3.8) is 0 Å². The lowest BCUT2D eigenvalue weighted by Gasteiger charge is -2.09. The average Bonchev–Trinajstić information content (AvgIpc) is 2.16. The second-order valence-corrected chi connectivity index (χ2v) is 5.51. The van der Waals surface area contributed by atoms with Crippen molar-refractivity contribution in [3.05, 3.63) is 28.0 Å². The summed E-state index contributed by atoms with van der Waals surface area (Å²) in [5, 5.41) is 0. The summed E-state index contributed by atoms with van der Waals surface area (Å²) < 4.78 is 45.0. The summed E-state index contributed by atoms with van der Waals surface area (Å²) in [5.74, 6) is -0.601. The maximum Gasteiger partial charge on any atom is 0.264 e. The van der Waals surface area contributed by atoms with E-state index in [1.54, 1.807) is 6.07 Å². The van der Waals surface area contributed by atoms with Crippen molar-refractivity contribution in [1.29, 1.82) is 0 Å². The fraction of sp³-hybridized carbons (Fsp3) is 0.333. The van der Waals surface area contributed by atoms with Crippen LogP contribution in [0.5, 0.6) is 5.75 Å². The zero-order valence-corrected chi connectivity index (χ0v) is 11.1. The van der Waals surface area contributed by atoms with Crippen LogP contribution >= 0.6 is 15.9 Å². The molecule has 1 rings (SSSR count). The average molecular weight is 313 g/mol. The summed E-state index contributed by atoms with van der Waals surface area (Å²) in [6, 6.07) is 2.99. The molecule has 0 spiro atoms. The van der Waals surface area contributed by atoms with Gasteiger partial charge in [0.05, 0.1) is 20.0 Å². The molecule has 1 aromatic carbocycles. The first-order chi connectivity index (χ1) is 7.35. The van der Waals surface area contributed by atoms with Crippen molar-refractivity contribution >= 4 is 26.0 Å². The third-order valence-corrected chi connectivity index (χ3v) is 3.08. The molecule has 0 saturated heterocycles. The molecule has 0 N–H and O–H groups in total. The largest absolute Gasteiger partial charge is 0.494 e. The maximum absolute atomic E-state index is 13.7. The molecule has 0 atom stereocenters. The SMILES string of the molecule is COc1ccc(Br)c(COS(C)(=O)=O)c1F. The van der Waals surface area contributed by atoms with Crippen molar-refractivity contribution in [2.24, 2.45) is 0 Å². The number of methoxy groups -OCH3 is 1. The highest BCUT2D eigenvalue weighted by Crippen LogP contribution is 2.28. The van der Waals surface area contributed by atoms with Gasteiger partial charge in [0.2, 0.25) is 0 Å². The molecule has 0 saturated carbocycles.